The summed E-state index contributed by atoms with van der Waals surface area (Å²) < 4.78 is 3.46. The summed E-state index contributed by atoms with van der Waals surface area (Å²) in [5, 5.41) is 2.99. The lowest BCUT2D eigenvalue weighted by atomic mass is 9.97. The molecule has 1 amide bonds. The molecule has 2 aromatic rings. The summed E-state index contributed by atoms with van der Waals surface area (Å²) in [6.45, 7) is 3.70. The Labute approximate surface area is 148 Å². The quantitative estimate of drug-likeness (QED) is 0.786. The number of rotatable bonds is 7. The van der Waals surface area contributed by atoms with E-state index in [-0.39, 0.29) is 11.6 Å². The van der Waals surface area contributed by atoms with Crippen molar-refractivity contribution in [3.8, 4) is 0 Å². The van der Waals surface area contributed by atoms with Gasteiger partial charge in [0.25, 0.3) is 0 Å². The number of carbonyl (C=O) groups is 1. The minimum Gasteiger partial charge on any atom is -0.356 e. The molecule has 1 aliphatic rings. The van der Waals surface area contributed by atoms with Gasteiger partial charge in [0.2, 0.25) is 5.91 Å². The molecule has 1 aromatic carbocycles. The smallest absolute Gasteiger partial charge is 0.329 e. The second-order valence-corrected chi connectivity index (χ2v) is 6.63. The molecule has 0 spiro atoms. The first kappa shape index (κ1) is 17.5. The molecule has 0 radical (unpaired) electrons. The lowest BCUT2D eigenvalue weighted by Gasteiger charge is -2.13. The van der Waals surface area contributed by atoms with Crippen LogP contribution in [0, 0.1) is 0 Å². The van der Waals surface area contributed by atoms with Crippen LogP contribution in [0.3, 0.4) is 0 Å². The number of hydrogen-bond acceptors (Lipinski definition) is 2. The first-order valence-electron chi connectivity index (χ1n) is 9.33. The molecule has 25 heavy (non-hydrogen) atoms. The van der Waals surface area contributed by atoms with E-state index in [1.807, 2.05) is 31.2 Å². The fourth-order valence-corrected chi connectivity index (χ4v) is 3.59. The molecule has 0 bridgehead atoms. The molecule has 3 rings (SSSR count). The summed E-state index contributed by atoms with van der Waals surface area (Å²) in [5.41, 5.74) is 3.26. The normalized spacial score (nSPS) is 14.5. The van der Waals surface area contributed by atoms with Crippen LogP contribution in [0.25, 0.3) is 11.0 Å². The Bertz CT molecular complexity index is 829. The van der Waals surface area contributed by atoms with Crippen LogP contribution in [0.4, 0.5) is 0 Å². The van der Waals surface area contributed by atoms with Gasteiger partial charge in [-0.25, -0.2) is 4.79 Å². The molecular weight excluding hydrogens is 314 g/mol. The third-order valence-electron chi connectivity index (χ3n) is 4.96. The number of carbonyl (C=O) groups excluding carboxylic acids is 1. The zero-order chi connectivity index (χ0) is 17.6. The van der Waals surface area contributed by atoms with Crippen molar-refractivity contribution in [2.24, 2.45) is 0 Å². The Morgan fingerprint density at radius 3 is 2.60 bits per heavy atom. The van der Waals surface area contributed by atoms with Gasteiger partial charge in [0.15, 0.2) is 0 Å². The molecule has 1 aromatic heterocycles. The number of aromatic nitrogens is 2. The summed E-state index contributed by atoms with van der Waals surface area (Å²) in [6, 6.07) is 7.76. The molecular formula is C20H27N3O2. The van der Waals surface area contributed by atoms with Gasteiger partial charge in [-0.3, -0.25) is 13.9 Å². The van der Waals surface area contributed by atoms with Crippen LogP contribution in [-0.2, 0) is 17.9 Å². The predicted octanol–water partition coefficient (Wildman–Crippen LogP) is 3.22. The molecule has 0 saturated carbocycles. The van der Waals surface area contributed by atoms with E-state index in [1.54, 1.807) is 9.13 Å². The van der Waals surface area contributed by atoms with Gasteiger partial charge < -0.3 is 5.32 Å². The average molecular weight is 341 g/mol. The van der Waals surface area contributed by atoms with Crippen molar-refractivity contribution in [2.45, 2.75) is 58.5 Å². The van der Waals surface area contributed by atoms with E-state index in [4.69, 9.17) is 0 Å². The molecule has 5 nitrogen and oxygen atoms in total. The van der Waals surface area contributed by atoms with E-state index in [9.17, 15) is 9.59 Å². The van der Waals surface area contributed by atoms with E-state index in [1.165, 1.54) is 31.3 Å². The Morgan fingerprint density at radius 1 is 1.16 bits per heavy atom. The minimum absolute atomic E-state index is 0.0108. The number of aryl methyl sites for hydroxylation is 2. The maximum absolute atomic E-state index is 12.5. The first-order valence-corrected chi connectivity index (χ1v) is 9.33. The number of amides is 1. The topological polar surface area (TPSA) is 56.0 Å². The number of nitrogens with zero attached hydrogens (tertiary/aromatic N) is 2. The maximum Gasteiger partial charge on any atom is 0.329 e. The fourth-order valence-electron chi connectivity index (χ4n) is 3.59. The molecule has 0 atom stereocenters. The predicted molar refractivity (Wildman–Crippen MR) is 101 cm³/mol. The highest BCUT2D eigenvalue weighted by atomic mass is 16.2. The molecule has 134 valence electrons. The summed E-state index contributed by atoms with van der Waals surface area (Å²) in [6.07, 6.45) is 8.49. The van der Waals surface area contributed by atoms with Crippen LogP contribution in [0.15, 0.2) is 40.7 Å². The van der Waals surface area contributed by atoms with Crippen molar-refractivity contribution in [3.63, 3.8) is 0 Å². The number of hydrogen-bond donors (Lipinski definition) is 1. The Balaban J connectivity index is 1.57. The van der Waals surface area contributed by atoms with Gasteiger partial charge in [0.1, 0.15) is 0 Å². The Kier molecular flexibility index (Phi) is 5.74. The molecule has 1 heterocycles. The monoisotopic (exact) mass is 341 g/mol. The highest BCUT2D eigenvalue weighted by Gasteiger charge is 2.12. The molecule has 0 saturated heterocycles. The lowest BCUT2D eigenvalue weighted by Crippen LogP contribution is -2.29. The number of imidazole rings is 1. The van der Waals surface area contributed by atoms with Gasteiger partial charge in [-0.05, 0) is 51.2 Å². The molecule has 0 aliphatic heterocycles. The number of benzene rings is 1. The van der Waals surface area contributed by atoms with E-state index in [0.29, 0.717) is 26.1 Å². The second-order valence-electron chi connectivity index (χ2n) is 6.63. The number of allylic oxidation sites excluding steroid dienone is 1. The van der Waals surface area contributed by atoms with Crippen molar-refractivity contribution in [2.75, 3.05) is 6.54 Å². The zero-order valence-electron chi connectivity index (χ0n) is 15.0. The van der Waals surface area contributed by atoms with Crippen LogP contribution < -0.4 is 11.0 Å². The van der Waals surface area contributed by atoms with E-state index < -0.39 is 0 Å². The van der Waals surface area contributed by atoms with Crippen molar-refractivity contribution in [1.82, 2.24) is 14.5 Å². The maximum atomic E-state index is 12.5. The van der Waals surface area contributed by atoms with Gasteiger partial charge in [-0.15, -0.1) is 0 Å². The highest BCUT2D eigenvalue weighted by Crippen LogP contribution is 2.19. The van der Waals surface area contributed by atoms with Gasteiger partial charge >= 0.3 is 5.69 Å². The van der Waals surface area contributed by atoms with Crippen LogP contribution in [0.5, 0.6) is 0 Å². The molecule has 0 fully saturated rings. The molecule has 1 aliphatic carbocycles. The number of nitrogens with one attached hydrogen (secondary N) is 1. The van der Waals surface area contributed by atoms with Crippen molar-refractivity contribution in [1.29, 1.82) is 0 Å². The zero-order valence-corrected chi connectivity index (χ0v) is 15.0. The summed E-state index contributed by atoms with van der Waals surface area (Å²) in [5.74, 6) is 0.0108. The van der Waals surface area contributed by atoms with Gasteiger partial charge in [0, 0.05) is 26.1 Å². The van der Waals surface area contributed by atoms with Crippen molar-refractivity contribution in [3.05, 3.63) is 46.4 Å². The third-order valence-corrected chi connectivity index (χ3v) is 4.96. The summed E-state index contributed by atoms with van der Waals surface area (Å²) >= 11 is 0. The van der Waals surface area contributed by atoms with Crippen LogP contribution in [0.1, 0.15) is 45.4 Å². The van der Waals surface area contributed by atoms with Gasteiger partial charge in [0.05, 0.1) is 11.0 Å². The average Bonchev–Trinajstić information content (AvgIpc) is 2.91. The number of fused-ring (bicyclic) bond motifs is 1. The third kappa shape index (κ3) is 4.03. The van der Waals surface area contributed by atoms with Crippen LogP contribution in [0.2, 0.25) is 0 Å². The van der Waals surface area contributed by atoms with E-state index in [2.05, 4.69) is 11.4 Å². The lowest BCUT2D eigenvalue weighted by molar-refractivity contribution is -0.121. The molecule has 0 unspecified atom stereocenters. The van der Waals surface area contributed by atoms with Crippen molar-refractivity contribution < 1.29 is 4.79 Å². The number of para-hydroxylation sites is 2. The standard InChI is InChI=1S/C20H27N3O2/c1-2-22-17-10-6-7-11-18(17)23(20(22)25)15-13-19(24)21-14-12-16-8-4-3-5-9-16/h6-8,10-11H,2-5,9,12-15H2,1H3,(H,21,24). The fraction of sp³-hybridized carbons (Fsp3) is 0.500. The van der Waals surface area contributed by atoms with Gasteiger partial charge in [-0.2, -0.15) is 0 Å². The van der Waals surface area contributed by atoms with Crippen LogP contribution >= 0.6 is 0 Å². The SMILES string of the molecule is CCn1c(=O)n(CCC(=O)NCCC2=CCCCC2)c2ccccc21. The van der Waals surface area contributed by atoms with E-state index >= 15 is 0 Å². The largest absolute Gasteiger partial charge is 0.356 e. The van der Waals surface area contributed by atoms with Crippen LogP contribution in [-0.4, -0.2) is 21.6 Å². The Morgan fingerprint density at radius 2 is 1.92 bits per heavy atom. The summed E-state index contributed by atoms with van der Waals surface area (Å²) in [4.78, 5) is 24.7. The minimum atomic E-state index is -0.0381. The van der Waals surface area contributed by atoms with E-state index in [0.717, 1.165) is 17.5 Å². The first-order chi connectivity index (χ1) is 12.2. The highest BCUT2D eigenvalue weighted by molar-refractivity contribution is 5.78. The van der Waals surface area contributed by atoms with Gasteiger partial charge in [-0.1, -0.05) is 23.8 Å². The summed E-state index contributed by atoms with van der Waals surface area (Å²) in [7, 11) is 0. The molecule has 1 N–H and O–H groups in total. The second kappa shape index (κ2) is 8.19. The Hall–Kier alpha value is -2.30. The van der Waals surface area contributed by atoms with Crippen molar-refractivity contribution >= 4 is 16.9 Å². The molecule has 5 heteroatoms.